The monoisotopic (exact) mass is 270 g/mol. The summed E-state index contributed by atoms with van der Waals surface area (Å²) in [6, 6.07) is 11.9. The van der Waals surface area contributed by atoms with Crippen molar-refractivity contribution >= 4 is 0 Å². The van der Waals surface area contributed by atoms with E-state index in [1.54, 1.807) is 0 Å². The number of benzene rings is 1. The van der Waals surface area contributed by atoms with Gasteiger partial charge in [-0.25, -0.2) is 0 Å². The lowest BCUT2D eigenvalue weighted by Gasteiger charge is -2.38. The molecule has 2 heteroatoms. The van der Waals surface area contributed by atoms with Crippen LogP contribution in [-0.2, 0) is 6.54 Å². The maximum atomic E-state index is 2.83. The van der Waals surface area contributed by atoms with Crippen LogP contribution in [0.2, 0.25) is 0 Å². The molecule has 2 saturated heterocycles. The van der Waals surface area contributed by atoms with Gasteiger partial charge in [0.25, 0.3) is 0 Å². The molecule has 20 heavy (non-hydrogen) atoms. The van der Waals surface area contributed by atoms with Crippen molar-refractivity contribution in [3.8, 4) is 0 Å². The predicted octanol–water partition coefficient (Wildman–Crippen LogP) is 3.28. The maximum absolute atomic E-state index is 2.83. The molecule has 2 aliphatic heterocycles. The third kappa shape index (κ3) is 2.19. The van der Waals surface area contributed by atoms with Crippen LogP contribution in [0.4, 0.5) is 0 Å². The SMILES string of the molecule is c1ccc(CN2CCCC2C2(N3CCCC3)CC2)cc1. The third-order valence-electron chi connectivity index (χ3n) is 5.71. The molecule has 108 valence electrons. The maximum Gasteiger partial charge on any atom is 0.0366 e. The lowest BCUT2D eigenvalue weighted by atomic mass is 10.0. The lowest BCUT2D eigenvalue weighted by Crippen LogP contribution is -2.50. The number of rotatable bonds is 4. The molecule has 0 amide bonds. The second-order valence-corrected chi connectivity index (χ2v) is 6.91. The standard InChI is InChI=1S/C18H26N2/c1-2-7-16(8-3-1)15-19-12-6-9-17(19)18(10-11-18)20-13-4-5-14-20/h1-3,7-8,17H,4-6,9-15H2. The summed E-state index contributed by atoms with van der Waals surface area (Å²) >= 11 is 0. The smallest absolute Gasteiger partial charge is 0.0366 e. The molecule has 2 heterocycles. The van der Waals surface area contributed by atoms with E-state index in [2.05, 4.69) is 40.1 Å². The topological polar surface area (TPSA) is 6.48 Å². The molecule has 0 bridgehead atoms. The summed E-state index contributed by atoms with van der Waals surface area (Å²) < 4.78 is 0. The third-order valence-corrected chi connectivity index (χ3v) is 5.71. The minimum Gasteiger partial charge on any atom is -0.296 e. The number of nitrogens with zero attached hydrogens (tertiary/aromatic N) is 2. The minimum absolute atomic E-state index is 0.571. The number of likely N-dealkylation sites (tertiary alicyclic amines) is 2. The predicted molar refractivity (Wildman–Crippen MR) is 82.6 cm³/mol. The van der Waals surface area contributed by atoms with Crippen LogP contribution in [-0.4, -0.2) is 41.0 Å². The Labute approximate surface area is 122 Å². The van der Waals surface area contributed by atoms with Crippen LogP contribution in [0.1, 0.15) is 44.1 Å². The molecule has 4 rings (SSSR count). The fraction of sp³-hybridized carbons (Fsp3) is 0.667. The van der Waals surface area contributed by atoms with Crippen molar-refractivity contribution < 1.29 is 0 Å². The average Bonchev–Trinajstić information content (AvgIpc) is 2.93. The summed E-state index contributed by atoms with van der Waals surface area (Å²) in [5.41, 5.74) is 2.05. The van der Waals surface area contributed by atoms with E-state index in [1.807, 2.05) is 0 Å². The van der Waals surface area contributed by atoms with Gasteiger partial charge in [-0.05, 0) is 63.7 Å². The molecule has 0 N–H and O–H groups in total. The van der Waals surface area contributed by atoms with Gasteiger partial charge in [-0.1, -0.05) is 30.3 Å². The van der Waals surface area contributed by atoms with Crippen LogP contribution in [0.25, 0.3) is 0 Å². The van der Waals surface area contributed by atoms with Gasteiger partial charge in [-0.15, -0.1) is 0 Å². The number of hydrogen-bond donors (Lipinski definition) is 0. The first-order valence-electron chi connectivity index (χ1n) is 8.41. The highest BCUT2D eigenvalue weighted by molar-refractivity contribution is 5.18. The van der Waals surface area contributed by atoms with E-state index in [0.717, 1.165) is 12.6 Å². The van der Waals surface area contributed by atoms with E-state index in [4.69, 9.17) is 0 Å². The molecule has 0 radical (unpaired) electrons. The normalized spacial score (nSPS) is 29.9. The van der Waals surface area contributed by atoms with E-state index >= 15 is 0 Å². The highest BCUT2D eigenvalue weighted by Gasteiger charge is 2.56. The van der Waals surface area contributed by atoms with Gasteiger partial charge in [-0.2, -0.15) is 0 Å². The van der Waals surface area contributed by atoms with Crippen molar-refractivity contribution in [2.75, 3.05) is 19.6 Å². The molecule has 1 aromatic rings. The van der Waals surface area contributed by atoms with E-state index in [1.165, 1.54) is 63.7 Å². The van der Waals surface area contributed by atoms with Crippen molar-refractivity contribution in [2.24, 2.45) is 0 Å². The summed E-state index contributed by atoms with van der Waals surface area (Å²) in [6.45, 7) is 5.17. The second-order valence-electron chi connectivity index (χ2n) is 6.91. The van der Waals surface area contributed by atoms with E-state index in [9.17, 15) is 0 Å². The van der Waals surface area contributed by atoms with Gasteiger partial charge in [0.05, 0.1) is 0 Å². The van der Waals surface area contributed by atoms with Gasteiger partial charge in [0, 0.05) is 18.1 Å². The van der Waals surface area contributed by atoms with Crippen LogP contribution in [0, 0.1) is 0 Å². The highest BCUT2D eigenvalue weighted by atomic mass is 15.3. The van der Waals surface area contributed by atoms with Gasteiger partial charge in [0.15, 0.2) is 0 Å². The summed E-state index contributed by atoms with van der Waals surface area (Å²) in [5.74, 6) is 0. The molecule has 3 fully saturated rings. The number of hydrogen-bond acceptors (Lipinski definition) is 2. The summed E-state index contributed by atoms with van der Waals surface area (Å²) in [6.07, 6.45) is 8.56. The Balaban J connectivity index is 1.50. The van der Waals surface area contributed by atoms with E-state index < -0.39 is 0 Å². The van der Waals surface area contributed by atoms with Crippen LogP contribution < -0.4 is 0 Å². The van der Waals surface area contributed by atoms with Gasteiger partial charge < -0.3 is 0 Å². The van der Waals surface area contributed by atoms with Gasteiger partial charge in [0.1, 0.15) is 0 Å². The molecule has 1 aliphatic carbocycles. The summed E-state index contributed by atoms with van der Waals surface area (Å²) in [4.78, 5) is 5.61. The average molecular weight is 270 g/mol. The molecule has 2 nitrogen and oxygen atoms in total. The first kappa shape index (κ1) is 12.8. The zero-order chi connectivity index (χ0) is 13.4. The second kappa shape index (κ2) is 5.16. The first-order chi connectivity index (χ1) is 9.88. The molecule has 1 saturated carbocycles. The summed E-state index contributed by atoms with van der Waals surface area (Å²) in [5, 5.41) is 0. The Morgan fingerprint density at radius 1 is 0.950 bits per heavy atom. The van der Waals surface area contributed by atoms with Crippen LogP contribution >= 0.6 is 0 Å². The van der Waals surface area contributed by atoms with Crippen molar-refractivity contribution in [3.05, 3.63) is 35.9 Å². The van der Waals surface area contributed by atoms with Crippen molar-refractivity contribution in [1.29, 1.82) is 0 Å². The molecule has 1 unspecified atom stereocenters. The van der Waals surface area contributed by atoms with E-state index in [-0.39, 0.29) is 0 Å². The van der Waals surface area contributed by atoms with Crippen LogP contribution in [0.5, 0.6) is 0 Å². The molecular weight excluding hydrogens is 244 g/mol. The Morgan fingerprint density at radius 3 is 2.40 bits per heavy atom. The first-order valence-corrected chi connectivity index (χ1v) is 8.41. The van der Waals surface area contributed by atoms with Crippen molar-refractivity contribution in [1.82, 2.24) is 9.80 Å². The quantitative estimate of drug-likeness (QED) is 0.828. The van der Waals surface area contributed by atoms with Gasteiger partial charge >= 0.3 is 0 Å². The Morgan fingerprint density at radius 2 is 1.70 bits per heavy atom. The zero-order valence-electron chi connectivity index (χ0n) is 12.4. The molecular formula is C18H26N2. The molecule has 3 aliphatic rings. The Bertz CT molecular complexity index is 446. The molecule has 1 aromatic carbocycles. The van der Waals surface area contributed by atoms with Crippen LogP contribution in [0.15, 0.2) is 30.3 Å². The minimum atomic E-state index is 0.571. The highest BCUT2D eigenvalue weighted by Crippen LogP contribution is 2.50. The van der Waals surface area contributed by atoms with Crippen molar-refractivity contribution in [3.63, 3.8) is 0 Å². The van der Waals surface area contributed by atoms with Crippen molar-refractivity contribution in [2.45, 2.75) is 56.7 Å². The fourth-order valence-electron chi connectivity index (χ4n) is 4.59. The van der Waals surface area contributed by atoms with E-state index in [0.29, 0.717) is 5.54 Å². The Kier molecular flexibility index (Phi) is 3.31. The fourth-order valence-corrected chi connectivity index (χ4v) is 4.59. The molecule has 1 atom stereocenters. The van der Waals surface area contributed by atoms with Gasteiger partial charge in [-0.3, -0.25) is 9.80 Å². The summed E-state index contributed by atoms with van der Waals surface area (Å²) in [7, 11) is 0. The lowest BCUT2D eigenvalue weighted by molar-refractivity contribution is 0.0990. The van der Waals surface area contributed by atoms with Crippen LogP contribution in [0.3, 0.4) is 0 Å². The largest absolute Gasteiger partial charge is 0.296 e. The van der Waals surface area contributed by atoms with Gasteiger partial charge in [0.2, 0.25) is 0 Å². The zero-order valence-corrected chi connectivity index (χ0v) is 12.4. The Hall–Kier alpha value is -0.860. The molecule has 0 aromatic heterocycles. The molecule has 0 spiro atoms.